The molecule has 20 heavy (non-hydrogen) atoms. The van der Waals surface area contributed by atoms with E-state index in [4.69, 9.17) is 0 Å². The Bertz CT molecular complexity index is 450. The van der Waals surface area contributed by atoms with Gasteiger partial charge in [0, 0.05) is 43.1 Å². The molecule has 3 fully saturated rings. The van der Waals surface area contributed by atoms with Crippen LogP contribution >= 0.6 is 0 Å². The maximum Gasteiger partial charge on any atom is 0.0429 e. The molecule has 1 N–H and O–H groups in total. The van der Waals surface area contributed by atoms with E-state index in [-0.39, 0.29) is 0 Å². The number of hydrogen-bond donors (Lipinski definition) is 1. The van der Waals surface area contributed by atoms with Crippen molar-refractivity contribution in [3.8, 4) is 0 Å². The molecule has 2 unspecified atom stereocenters. The molecule has 3 aliphatic rings. The van der Waals surface area contributed by atoms with Crippen LogP contribution in [0.25, 0.3) is 0 Å². The van der Waals surface area contributed by atoms with Crippen LogP contribution in [0.5, 0.6) is 0 Å². The Kier molecular flexibility index (Phi) is 3.31. The van der Waals surface area contributed by atoms with Gasteiger partial charge < -0.3 is 10.2 Å². The second-order valence-electron chi connectivity index (χ2n) is 6.53. The van der Waals surface area contributed by atoms with Crippen molar-refractivity contribution in [2.75, 3.05) is 36.4 Å². The molecule has 0 bridgehead atoms. The summed E-state index contributed by atoms with van der Waals surface area (Å²) in [7, 11) is 0. The van der Waals surface area contributed by atoms with Gasteiger partial charge in [0.1, 0.15) is 0 Å². The molecule has 0 radical (unpaired) electrons. The smallest absolute Gasteiger partial charge is 0.0429 e. The van der Waals surface area contributed by atoms with E-state index in [2.05, 4.69) is 39.4 Å². The summed E-state index contributed by atoms with van der Waals surface area (Å²) in [4.78, 5) is 5.16. The maximum atomic E-state index is 3.77. The molecule has 2 atom stereocenters. The first-order chi connectivity index (χ1) is 9.90. The zero-order valence-corrected chi connectivity index (χ0v) is 12.2. The molecule has 0 saturated carbocycles. The van der Waals surface area contributed by atoms with Gasteiger partial charge in [0.05, 0.1) is 0 Å². The van der Waals surface area contributed by atoms with Crippen molar-refractivity contribution in [2.24, 2.45) is 0 Å². The Hall–Kier alpha value is -1.22. The number of benzene rings is 1. The van der Waals surface area contributed by atoms with Gasteiger partial charge in [-0.1, -0.05) is 0 Å². The minimum atomic E-state index is 0.662. The average Bonchev–Trinajstić information content (AvgIpc) is 3.18. The number of hydrogen-bond acceptors (Lipinski definition) is 3. The predicted molar refractivity (Wildman–Crippen MR) is 84.5 cm³/mol. The lowest BCUT2D eigenvalue weighted by Crippen LogP contribution is -2.33. The highest BCUT2D eigenvalue weighted by molar-refractivity contribution is 5.56. The van der Waals surface area contributed by atoms with E-state index < -0.39 is 0 Å². The Morgan fingerprint density at radius 2 is 1.65 bits per heavy atom. The Balaban J connectivity index is 1.41. The summed E-state index contributed by atoms with van der Waals surface area (Å²) in [5, 5.41) is 3.77. The zero-order chi connectivity index (χ0) is 13.4. The van der Waals surface area contributed by atoms with Crippen molar-refractivity contribution >= 4 is 11.4 Å². The van der Waals surface area contributed by atoms with Crippen LogP contribution in [0.3, 0.4) is 0 Å². The van der Waals surface area contributed by atoms with Crippen molar-refractivity contribution in [2.45, 2.75) is 44.2 Å². The van der Waals surface area contributed by atoms with Crippen molar-refractivity contribution in [1.82, 2.24) is 4.90 Å². The molecule has 4 rings (SSSR count). The summed E-state index contributed by atoms with van der Waals surface area (Å²) in [6.45, 7) is 5.06. The molecular weight excluding hydrogens is 246 g/mol. The molecular formula is C17H25N3. The molecule has 3 aliphatic heterocycles. The van der Waals surface area contributed by atoms with E-state index in [1.165, 1.54) is 69.7 Å². The van der Waals surface area contributed by atoms with E-state index in [0.717, 1.165) is 6.04 Å². The molecule has 1 aromatic carbocycles. The van der Waals surface area contributed by atoms with Crippen molar-refractivity contribution < 1.29 is 0 Å². The second kappa shape index (κ2) is 5.28. The summed E-state index contributed by atoms with van der Waals surface area (Å²) in [5.74, 6) is 0. The number of fused-ring (bicyclic) bond motifs is 1. The quantitative estimate of drug-likeness (QED) is 0.912. The highest BCUT2D eigenvalue weighted by Crippen LogP contribution is 2.30. The first-order valence-corrected chi connectivity index (χ1v) is 8.26. The highest BCUT2D eigenvalue weighted by atomic mass is 15.2. The van der Waals surface area contributed by atoms with E-state index in [1.807, 2.05) is 0 Å². The van der Waals surface area contributed by atoms with Gasteiger partial charge in [-0.2, -0.15) is 0 Å². The maximum absolute atomic E-state index is 3.77. The number of rotatable bonds is 3. The highest BCUT2D eigenvalue weighted by Gasteiger charge is 2.36. The van der Waals surface area contributed by atoms with Gasteiger partial charge in [-0.15, -0.1) is 0 Å². The van der Waals surface area contributed by atoms with Gasteiger partial charge in [0.2, 0.25) is 0 Å². The SMILES string of the molecule is c1cc(N2CCCC2)ccc1NC1CCN2CCCC12. The topological polar surface area (TPSA) is 18.5 Å². The molecule has 3 heterocycles. The van der Waals surface area contributed by atoms with Gasteiger partial charge in [0.25, 0.3) is 0 Å². The van der Waals surface area contributed by atoms with Crippen LogP contribution in [-0.2, 0) is 0 Å². The van der Waals surface area contributed by atoms with Gasteiger partial charge in [-0.05, 0) is 62.9 Å². The third kappa shape index (κ3) is 2.28. The minimum Gasteiger partial charge on any atom is -0.381 e. The lowest BCUT2D eigenvalue weighted by molar-refractivity contribution is 0.318. The van der Waals surface area contributed by atoms with E-state index in [0.29, 0.717) is 6.04 Å². The van der Waals surface area contributed by atoms with Gasteiger partial charge >= 0.3 is 0 Å². The molecule has 0 spiro atoms. The van der Waals surface area contributed by atoms with Crippen LogP contribution in [0, 0.1) is 0 Å². The fourth-order valence-electron chi connectivity index (χ4n) is 4.21. The van der Waals surface area contributed by atoms with Gasteiger partial charge in [-0.3, -0.25) is 4.90 Å². The summed E-state index contributed by atoms with van der Waals surface area (Å²) in [5.41, 5.74) is 2.69. The van der Waals surface area contributed by atoms with Crippen molar-refractivity contribution in [3.63, 3.8) is 0 Å². The van der Waals surface area contributed by atoms with Gasteiger partial charge in [0.15, 0.2) is 0 Å². The average molecular weight is 271 g/mol. The Morgan fingerprint density at radius 1 is 0.850 bits per heavy atom. The number of anilines is 2. The third-order valence-electron chi connectivity index (χ3n) is 5.30. The molecule has 0 aliphatic carbocycles. The standard InChI is InChI=1S/C17H25N3/c1-2-11-19(10-1)15-7-5-14(6-8-15)18-16-9-13-20-12-3-4-17(16)20/h5-8,16-18H,1-4,9-13H2. The lowest BCUT2D eigenvalue weighted by Gasteiger charge is -2.23. The van der Waals surface area contributed by atoms with Crippen LogP contribution in [0.15, 0.2) is 24.3 Å². The van der Waals surface area contributed by atoms with Crippen LogP contribution in [-0.4, -0.2) is 43.2 Å². The fraction of sp³-hybridized carbons (Fsp3) is 0.647. The monoisotopic (exact) mass is 271 g/mol. The Labute approximate surface area is 121 Å². The second-order valence-corrected chi connectivity index (χ2v) is 6.53. The predicted octanol–water partition coefficient (Wildman–Crippen LogP) is 2.94. The normalized spacial score (nSPS) is 29.9. The zero-order valence-electron chi connectivity index (χ0n) is 12.2. The molecule has 0 amide bonds. The molecule has 1 aromatic rings. The van der Waals surface area contributed by atoms with E-state index in [9.17, 15) is 0 Å². The number of nitrogens with zero attached hydrogens (tertiary/aromatic N) is 2. The van der Waals surface area contributed by atoms with Crippen LogP contribution < -0.4 is 10.2 Å². The van der Waals surface area contributed by atoms with Gasteiger partial charge in [-0.25, -0.2) is 0 Å². The minimum absolute atomic E-state index is 0.662. The molecule has 3 saturated heterocycles. The number of nitrogens with one attached hydrogen (secondary N) is 1. The first-order valence-electron chi connectivity index (χ1n) is 8.26. The van der Waals surface area contributed by atoms with Crippen molar-refractivity contribution in [3.05, 3.63) is 24.3 Å². The molecule has 3 nitrogen and oxygen atoms in total. The van der Waals surface area contributed by atoms with E-state index in [1.54, 1.807) is 0 Å². The van der Waals surface area contributed by atoms with Crippen LogP contribution in [0.2, 0.25) is 0 Å². The summed E-state index contributed by atoms with van der Waals surface area (Å²) in [6, 6.07) is 10.6. The molecule has 3 heteroatoms. The van der Waals surface area contributed by atoms with Crippen LogP contribution in [0.1, 0.15) is 32.1 Å². The summed E-state index contributed by atoms with van der Waals surface area (Å²) < 4.78 is 0. The molecule has 108 valence electrons. The largest absolute Gasteiger partial charge is 0.381 e. The van der Waals surface area contributed by atoms with Crippen LogP contribution in [0.4, 0.5) is 11.4 Å². The summed E-state index contributed by atoms with van der Waals surface area (Å²) >= 11 is 0. The molecule has 0 aromatic heterocycles. The Morgan fingerprint density at radius 3 is 2.45 bits per heavy atom. The third-order valence-corrected chi connectivity index (χ3v) is 5.30. The first kappa shape index (κ1) is 12.5. The van der Waals surface area contributed by atoms with E-state index >= 15 is 0 Å². The summed E-state index contributed by atoms with van der Waals surface area (Å²) in [6.07, 6.45) is 6.76. The lowest BCUT2D eigenvalue weighted by atomic mass is 10.1. The fourth-order valence-corrected chi connectivity index (χ4v) is 4.21. The van der Waals surface area contributed by atoms with Crippen molar-refractivity contribution in [1.29, 1.82) is 0 Å².